The Morgan fingerprint density at radius 3 is 2.47 bits per heavy atom. The van der Waals surface area contributed by atoms with Crippen LogP contribution in [-0.4, -0.2) is 8.07 Å². The van der Waals surface area contributed by atoms with Crippen molar-refractivity contribution in [1.82, 2.24) is 0 Å². The number of benzene rings is 1. The van der Waals surface area contributed by atoms with Crippen molar-refractivity contribution in [2.45, 2.75) is 44.9 Å². The molecular weight excluding hydrogens is 196 g/mol. The Morgan fingerprint density at radius 1 is 1.20 bits per heavy atom. The summed E-state index contributed by atoms with van der Waals surface area (Å²) in [6.45, 7) is 9.88. The molecule has 0 spiro atoms. The largest absolute Gasteiger partial charge is 0.0695 e. The van der Waals surface area contributed by atoms with Gasteiger partial charge in [0.05, 0.1) is 0 Å². The van der Waals surface area contributed by atoms with Gasteiger partial charge in [0.25, 0.3) is 0 Å². The predicted octanol–water partition coefficient (Wildman–Crippen LogP) is 4.30. The van der Waals surface area contributed by atoms with Crippen LogP contribution in [0.25, 0.3) is 0 Å². The third-order valence-electron chi connectivity index (χ3n) is 3.61. The van der Waals surface area contributed by atoms with Crippen LogP contribution in [0.5, 0.6) is 0 Å². The minimum Gasteiger partial charge on any atom is -0.0695 e. The second-order valence-electron chi connectivity index (χ2n) is 6.22. The minimum absolute atomic E-state index is 0.785. The van der Waals surface area contributed by atoms with Crippen LogP contribution in [0.4, 0.5) is 0 Å². The highest BCUT2D eigenvalue weighted by Crippen LogP contribution is 2.41. The summed E-state index contributed by atoms with van der Waals surface area (Å²) < 4.78 is 0. The molecule has 1 aliphatic rings. The summed E-state index contributed by atoms with van der Waals surface area (Å²) in [7, 11) is -0.903. The third-order valence-corrected chi connectivity index (χ3v) is 5.36. The highest BCUT2D eigenvalue weighted by Gasteiger charge is 2.31. The van der Waals surface area contributed by atoms with Crippen LogP contribution in [0.2, 0.25) is 25.7 Å². The molecule has 0 bridgehead atoms. The average molecular weight is 218 g/mol. The van der Waals surface area contributed by atoms with Gasteiger partial charge in [-0.15, -0.1) is 0 Å². The molecule has 0 aromatic heterocycles. The fourth-order valence-electron chi connectivity index (χ4n) is 2.91. The van der Waals surface area contributed by atoms with Crippen LogP contribution in [0.1, 0.15) is 24.0 Å². The Morgan fingerprint density at radius 2 is 1.87 bits per heavy atom. The van der Waals surface area contributed by atoms with E-state index >= 15 is 0 Å². The van der Waals surface area contributed by atoms with Gasteiger partial charge in [-0.05, 0) is 29.4 Å². The first kappa shape index (κ1) is 10.9. The molecule has 1 aromatic carbocycles. The van der Waals surface area contributed by atoms with E-state index in [9.17, 15) is 0 Å². The highest BCUT2D eigenvalue weighted by molar-refractivity contribution is 6.76. The second-order valence-corrected chi connectivity index (χ2v) is 11.7. The van der Waals surface area contributed by atoms with Crippen molar-refractivity contribution in [2.75, 3.05) is 0 Å². The fourth-order valence-corrected chi connectivity index (χ4v) is 4.98. The zero-order chi connectivity index (χ0) is 11.1. The van der Waals surface area contributed by atoms with Gasteiger partial charge < -0.3 is 0 Å². The molecule has 0 saturated heterocycles. The summed E-state index contributed by atoms with van der Waals surface area (Å²) in [5, 5.41) is 0. The number of fused-ring (bicyclic) bond motifs is 1. The van der Waals surface area contributed by atoms with E-state index in [0.29, 0.717) is 0 Å². The topological polar surface area (TPSA) is 0 Å². The van der Waals surface area contributed by atoms with E-state index < -0.39 is 8.07 Å². The Labute approximate surface area is 94.7 Å². The number of rotatable bonds is 2. The molecule has 2 rings (SSSR count). The highest BCUT2D eigenvalue weighted by atomic mass is 28.3. The lowest BCUT2D eigenvalue weighted by atomic mass is 9.96. The number of hydrogen-bond acceptors (Lipinski definition) is 0. The van der Waals surface area contributed by atoms with Gasteiger partial charge in [-0.2, -0.15) is 0 Å². The summed E-state index contributed by atoms with van der Waals surface area (Å²) in [4.78, 5) is 0. The normalized spacial score (nSPS) is 25.3. The molecule has 1 aromatic rings. The lowest BCUT2D eigenvalue weighted by Gasteiger charge is -2.24. The van der Waals surface area contributed by atoms with Crippen molar-refractivity contribution >= 4 is 8.07 Å². The van der Waals surface area contributed by atoms with Crippen molar-refractivity contribution in [3.63, 3.8) is 0 Å². The second kappa shape index (κ2) is 3.78. The maximum Gasteiger partial charge on any atom is 0.0445 e. The predicted molar refractivity (Wildman–Crippen MR) is 70.2 cm³/mol. The van der Waals surface area contributed by atoms with E-state index in [1.54, 1.807) is 11.1 Å². The SMILES string of the molecule is C[C@@H]1c2ccccc2C[C@H]1C[Si](C)(C)C. The maximum absolute atomic E-state index is 2.49. The van der Waals surface area contributed by atoms with Crippen LogP contribution >= 0.6 is 0 Å². The molecular formula is C14H22Si. The summed E-state index contributed by atoms with van der Waals surface area (Å²) in [6, 6.07) is 10.5. The number of hydrogen-bond donors (Lipinski definition) is 0. The Hall–Kier alpha value is -0.563. The quantitative estimate of drug-likeness (QED) is 0.649. The molecule has 0 heterocycles. The standard InChI is InChI=1S/C14H22Si/c1-11-13(10-15(2,3)4)9-12-7-5-6-8-14(11)12/h5-8,11,13H,9-10H2,1-4H3/t11-,13-/m0/s1. The lowest BCUT2D eigenvalue weighted by molar-refractivity contribution is 0.524. The van der Waals surface area contributed by atoms with Crippen molar-refractivity contribution in [3.8, 4) is 0 Å². The zero-order valence-corrected chi connectivity index (χ0v) is 11.4. The van der Waals surface area contributed by atoms with Gasteiger partial charge >= 0.3 is 0 Å². The van der Waals surface area contributed by atoms with Gasteiger partial charge in [-0.25, -0.2) is 0 Å². The first-order valence-electron chi connectivity index (χ1n) is 6.05. The van der Waals surface area contributed by atoms with Crippen molar-refractivity contribution in [1.29, 1.82) is 0 Å². The molecule has 82 valence electrons. The molecule has 0 N–H and O–H groups in total. The van der Waals surface area contributed by atoms with Gasteiger partial charge in [0, 0.05) is 8.07 Å². The molecule has 0 amide bonds. The van der Waals surface area contributed by atoms with E-state index in [1.165, 1.54) is 12.5 Å². The fraction of sp³-hybridized carbons (Fsp3) is 0.571. The first-order valence-corrected chi connectivity index (χ1v) is 9.76. The van der Waals surface area contributed by atoms with Gasteiger partial charge in [-0.1, -0.05) is 56.9 Å². The third kappa shape index (κ3) is 2.33. The van der Waals surface area contributed by atoms with Gasteiger partial charge in [-0.3, -0.25) is 0 Å². The van der Waals surface area contributed by atoms with Crippen LogP contribution < -0.4 is 0 Å². The van der Waals surface area contributed by atoms with Gasteiger partial charge in [0.2, 0.25) is 0 Å². The van der Waals surface area contributed by atoms with E-state index in [4.69, 9.17) is 0 Å². The summed E-state index contributed by atoms with van der Waals surface area (Å²) in [5.74, 6) is 1.70. The Kier molecular flexibility index (Phi) is 2.76. The molecule has 0 fully saturated rings. The maximum atomic E-state index is 2.49. The molecule has 1 aliphatic carbocycles. The van der Waals surface area contributed by atoms with E-state index in [-0.39, 0.29) is 0 Å². The Bertz CT molecular complexity index is 349. The van der Waals surface area contributed by atoms with Crippen LogP contribution in [-0.2, 0) is 6.42 Å². The van der Waals surface area contributed by atoms with Crippen molar-refractivity contribution in [3.05, 3.63) is 35.4 Å². The molecule has 1 heteroatoms. The summed E-state index contributed by atoms with van der Waals surface area (Å²) in [5.41, 5.74) is 3.22. The van der Waals surface area contributed by atoms with Gasteiger partial charge in [0.1, 0.15) is 0 Å². The van der Waals surface area contributed by atoms with E-state index in [2.05, 4.69) is 50.8 Å². The van der Waals surface area contributed by atoms with Crippen LogP contribution in [0.3, 0.4) is 0 Å². The van der Waals surface area contributed by atoms with Crippen LogP contribution in [0, 0.1) is 5.92 Å². The van der Waals surface area contributed by atoms with Crippen molar-refractivity contribution < 1.29 is 0 Å². The molecule has 0 nitrogen and oxygen atoms in total. The first-order chi connectivity index (χ1) is 6.97. The van der Waals surface area contributed by atoms with E-state index in [0.717, 1.165) is 11.8 Å². The average Bonchev–Trinajstić information content (AvgIpc) is 2.42. The molecule has 0 radical (unpaired) electrons. The summed E-state index contributed by atoms with van der Waals surface area (Å²) in [6.07, 6.45) is 1.32. The van der Waals surface area contributed by atoms with Crippen LogP contribution in [0.15, 0.2) is 24.3 Å². The minimum atomic E-state index is -0.903. The molecule has 0 saturated carbocycles. The molecule has 0 aliphatic heterocycles. The monoisotopic (exact) mass is 218 g/mol. The van der Waals surface area contributed by atoms with Gasteiger partial charge in [0.15, 0.2) is 0 Å². The van der Waals surface area contributed by atoms with Crippen molar-refractivity contribution in [2.24, 2.45) is 5.92 Å². The summed E-state index contributed by atoms with van der Waals surface area (Å²) >= 11 is 0. The smallest absolute Gasteiger partial charge is 0.0445 e. The van der Waals surface area contributed by atoms with E-state index in [1.807, 2.05) is 0 Å². The Balaban J connectivity index is 2.17. The zero-order valence-electron chi connectivity index (χ0n) is 10.4. The molecule has 0 unspecified atom stereocenters. The lowest BCUT2D eigenvalue weighted by Crippen LogP contribution is -2.25. The molecule has 15 heavy (non-hydrogen) atoms. The molecule has 2 atom stereocenters.